The Hall–Kier alpha value is -1.36. The minimum Gasteiger partial charge on any atom is -0.361 e. The van der Waals surface area contributed by atoms with Crippen LogP contribution < -0.4 is 5.32 Å². The van der Waals surface area contributed by atoms with Gasteiger partial charge in [-0.3, -0.25) is 4.40 Å². The van der Waals surface area contributed by atoms with E-state index in [1.54, 1.807) is 18.7 Å². The second-order valence-corrected chi connectivity index (χ2v) is 4.96. The maximum absolute atomic E-state index is 6.11. The molecule has 6 heteroatoms. The fourth-order valence-corrected chi connectivity index (χ4v) is 1.31. The van der Waals surface area contributed by atoms with E-state index in [2.05, 4.69) is 20.5 Å². The lowest BCUT2D eigenvalue weighted by Gasteiger charge is -2.29. The molecule has 0 spiro atoms. The van der Waals surface area contributed by atoms with Crippen molar-refractivity contribution in [2.75, 3.05) is 5.32 Å². The molecule has 0 aliphatic rings. The monoisotopic (exact) mass is 239 g/mol. The van der Waals surface area contributed by atoms with Crippen LogP contribution in [0.3, 0.4) is 0 Å². The summed E-state index contributed by atoms with van der Waals surface area (Å²) in [6.45, 7) is 5.98. The summed E-state index contributed by atoms with van der Waals surface area (Å²) in [6.07, 6.45) is 5.14. The van der Waals surface area contributed by atoms with Crippen molar-refractivity contribution in [1.29, 1.82) is 0 Å². The van der Waals surface area contributed by atoms with E-state index in [9.17, 15) is 0 Å². The molecule has 2 aromatic rings. The first-order valence-electron chi connectivity index (χ1n) is 5.07. The highest BCUT2D eigenvalue weighted by Crippen LogP contribution is 2.22. The second-order valence-electron chi connectivity index (χ2n) is 4.30. The van der Waals surface area contributed by atoms with Gasteiger partial charge in [-0.05, 0) is 20.8 Å². The van der Waals surface area contributed by atoms with Gasteiger partial charge in [0.25, 0.3) is 0 Å². The van der Waals surface area contributed by atoms with Gasteiger partial charge in [0.1, 0.15) is 6.33 Å². The summed E-state index contributed by atoms with van der Waals surface area (Å²) < 4.78 is 1.81. The summed E-state index contributed by atoms with van der Waals surface area (Å²) in [4.78, 5) is 4.25. The first kappa shape index (κ1) is 11.1. The Morgan fingerprint density at radius 2 is 2.25 bits per heavy atom. The van der Waals surface area contributed by atoms with Gasteiger partial charge in [0.2, 0.25) is 5.65 Å². The number of anilines is 1. The quantitative estimate of drug-likeness (QED) is 0.832. The standard InChI is InChI=1S/C10H14ClN5/c1-7(11)10(2,3)14-8-9-15-13-6-16(9)5-4-12-8/h4-7H,1-3H3,(H,12,14). The molecule has 1 unspecified atom stereocenters. The number of nitrogens with zero attached hydrogens (tertiary/aromatic N) is 4. The van der Waals surface area contributed by atoms with Crippen molar-refractivity contribution in [1.82, 2.24) is 19.6 Å². The predicted octanol–water partition coefficient (Wildman–Crippen LogP) is 1.94. The third-order valence-corrected chi connectivity index (χ3v) is 3.20. The van der Waals surface area contributed by atoms with Crippen LogP contribution in [0.2, 0.25) is 0 Å². The Morgan fingerprint density at radius 3 is 2.94 bits per heavy atom. The summed E-state index contributed by atoms with van der Waals surface area (Å²) in [7, 11) is 0. The summed E-state index contributed by atoms with van der Waals surface area (Å²) in [5.41, 5.74) is 0.440. The molecule has 0 fully saturated rings. The lowest BCUT2D eigenvalue weighted by molar-refractivity contribution is 0.553. The van der Waals surface area contributed by atoms with Gasteiger partial charge in [0.15, 0.2) is 5.82 Å². The van der Waals surface area contributed by atoms with E-state index >= 15 is 0 Å². The number of alkyl halides is 1. The lowest BCUT2D eigenvalue weighted by atomic mass is 10.0. The van der Waals surface area contributed by atoms with E-state index < -0.39 is 0 Å². The molecular formula is C10H14ClN5. The molecule has 16 heavy (non-hydrogen) atoms. The minimum atomic E-state index is -0.262. The first-order chi connectivity index (χ1) is 7.50. The third-order valence-electron chi connectivity index (χ3n) is 2.65. The molecule has 0 saturated carbocycles. The summed E-state index contributed by atoms with van der Waals surface area (Å²) in [6, 6.07) is 0. The van der Waals surface area contributed by atoms with Gasteiger partial charge in [-0.2, -0.15) is 0 Å². The van der Waals surface area contributed by atoms with Gasteiger partial charge in [0, 0.05) is 17.9 Å². The largest absolute Gasteiger partial charge is 0.361 e. The number of rotatable bonds is 3. The molecule has 1 N–H and O–H groups in total. The van der Waals surface area contributed by atoms with Crippen molar-refractivity contribution >= 4 is 23.1 Å². The van der Waals surface area contributed by atoms with Crippen LogP contribution in [0.15, 0.2) is 18.7 Å². The van der Waals surface area contributed by atoms with Crippen LogP contribution in [0.25, 0.3) is 5.65 Å². The molecule has 2 heterocycles. The smallest absolute Gasteiger partial charge is 0.203 e. The van der Waals surface area contributed by atoms with E-state index in [-0.39, 0.29) is 10.9 Å². The van der Waals surface area contributed by atoms with Crippen LogP contribution in [0.5, 0.6) is 0 Å². The van der Waals surface area contributed by atoms with Crippen LogP contribution in [0, 0.1) is 0 Å². The van der Waals surface area contributed by atoms with Crippen LogP contribution in [0.1, 0.15) is 20.8 Å². The van der Waals surface area contributed by atoms with Crippen molar-refractivity contribution < 1.29 is 0 Å². The van der Waals surface area contributed by atoms with Gasteiger partial charge in [0.05, 0.1) is 5.38 Å². The number of fused-ring (bicyclic) bond motifs is 1. The van der Waals surface area contributed by atoms with Gasteiger partial charge < -0.3 is 5.32 Å². The third kappa shape index (κ3) is 1.95. The Morgan fingerprint density at radius 1 is 1.50 bits per heavy atom. The zero-order valence-corrected chi connectivity index (χ0v) is 10.2. The topological polar surface area (TPSA) is 55.1 Å². The second kappa shape index (κ2) is 3.90. The predicted molar refractivity (Wildman–Crippen MR) is 63.8 cm³/mol. The first-order valence-corrected chi connectivity index (χ1v) is 5.51. The Kier molecular flexibility index (Phi) is 2.71. The molecule has 0 aliphatic carbocycles. The Labute approximate surface area is 98.9 Å². The highest BCUT2D eigenvalue weighted by molar-refractivity contribution is 6.21. The van der Waals surface area contributed by atoms with Crippen LogP contribution in [-0.4, -0.2) is 30.5 Å². The molecule has 0 amide bonds. The number of aromatic nitrogens is 4. The van der Waals surface area contributed by atoms with E-state index in [1.807, 2.05) is 25.2 Å². The molecule has 0 bridgehead atoms. The maximum Gasteiger partial charge on any atom is 0.203 e. The van der Waals surface area contributed by atoms with Crippen molar-refractivity contribution in [3.63, 3.8) is 0 Å². The highest BCUT2D eigenvalue weighted by atomic mass is 35.5. The fourth-order valence-electron chi connectivity index (χ4n) is 1.25. The van der Waals surface area contributed by atoms with Crippen LogP contribution >= 0.6 is 11.6 Å². The summed E-state index contributed by atoms with van der Waals surface area (Å²) in [5, 5.41) is 11.1. The van der Waals surface area contributed by atoms with E-state index in [4.69, 9.17) is 11.6 Å². The summed E-state index contributed by atoms with van der Waals surface area (Å²) >= 11 is 6.11. The summed E-state index contributed by atoms with van der Waals surface area (Å²) in [5.74, 6) is 0.692. The number of halogens is 1. The SMILES string of the molecule is CC(Cl)C(C)(C)Nc1nccn2cnnc12. The van der Waals surface area contributed by atoms with Gasteiger partial charge in [-0.25, -0.2) is 4.98 Å². The van der Waals surface area contributed by atoms with E-state index in [0.717, 1.165) is 0 Å². The molecule has 5 nitrogen and oxygen atoms in total. The van der Waals surface area contributed by atoms with Gasteiger partial charge in [-0.15, -0.1) is 21.8 Å². The highest BCUT2D eigenvalue weighted by Gasteiger charge is 2.25. The molecule has 2 aromatic heterocycles. The molecule has 2 rings (SSSR count). The zero-order valence-electron chi connectivity index (χ0n) is 9.48. The number of hydrogen-bond acceptors (Lipinski definition) is 4. The Bertz CT molecular complexity index is 491. The zero-order chi connectivity index (χ0) is 11.8. The number of nitrogens with one attached hydrogen (secondary N) is 1. The van der Waals surface area contributed by atoms with E-state index in [0.29, 0.717) is 11.5 Å². The maximum atomic E-state index is 6.11. The van der Waals surface area contributed by atoms with Gasteiger partial charge in [-0.1, -0.05) is 0 Å². The van der Waals surface area contributed by atoms with Crippen molar-refractivity contribution in [3.05, 3.63) is 18.7 Å². The molecule has 0 aromatic carbocycles. The van der Waals surface area contributed by atoms with Crippen molar-refractivity contribution in [3.8, 4) is 0 Å². The fraction of sp³-hybridized carbons (Fsp3) is 0.500. The Balaban J connectivity index is 2.37. The van der Waals surface area contributed by atoms with Crippen LogP contribution in [-0.2, 0) is 0 Å². The average molecular weight is 240 g/mol. The molecule has 0 radical (unpaired) electrons. The van der Waals surface area contributed by atoms with Crippen LogP contribution in [0.4, 0.5) is 5.82 Å². The molecule has 1 atom stereocenters. The number of hydrogen-bond donors (Lipinski definition) is 1. The lowest BCUT2D eigenvalue weighted by Crippen LogP contribution is -2.39. The average Bonchev–Trinajstić information content (AvgIpc) is 2.65. The minimum absolute atomic E-state index is 0.0301. The molecule has 0 aliphatic heterocycles. The van der Waals surface area contributed by atoms with Crippen molar-refractivity contribution in [2.24, 2.45) is 0 Å². The van der Waals surface area contributed by atoms with Gasteiger partial charge >= 0.3 is 0 Å². The molecular weight excluding hydrogens is 226 g/mol. The molecule has 0 saturated heterocycles. The molecule has 86 valence electrons. The normalized spacial score (nSPS) is 14.0. The van der Waals surface area contributed by atoms with Crippen molar-refractivity contribution in [2.45, 2.75) is 31.7 Å². The van der Waals surface area contributed by atoms with E-state index in [1.165, 1.54) is 0 Å².